The van der Waals surface area contributed by atoms with Crippen molar-refractivity contribution in [1.82, 2.24) is 0 Å². The van der Waals surface area contributed by atoms with E-state index >= 15 is 0 Å². The van der Waals surface area contributed by atoms with Crippen molar-refractivity contribution in [2.75, 3.05) is 6.61 Å². The summed E-state index contributed by atoms with van der Waals surface area (Å²) in [5, 5.41) is 0. The van der Waals surface area contributed by atoms with Gasteiger partial charge in [0.2, 0.25) is 0 Å². The quantitative estimate of drug-likeness (QED) is 0.751. The zero-order valence-corrected chi connectivity index (χ0v) is 12.5. The normalized spacial score (nSPS) is 12.6. The van der Waals surface area contributed by atoms with Crippen LogP contribution in [0.4, 0.5) is 0 Å². The van der Waals surface area contributed by atoms with Gasteiger partial charge in [0.15, 0.2) is 6.10 Å². The van der Waals surface area contributed by atoms with E-state index in [9.17, 15) is 9.59 Å². The number of rotatable bonds is 6. The van der Waals surface area contributed by atoms with Gasteiger partial charge in [-0.2, -0.15) is 0 Å². The monoisotopic (exact) mass is 278 g/mol. The van der Waals surface area contributed by atoms with Crippen molar-refractivity contribution in [2.45, 2.75) is 45.6 Å². The molecule has 20 heavy (non-hydrogen) atoms. The van der Waals surface area contributed by atoms with Gasteiger partial charge in [-0.1, -0.05) is 37.3 Å². The van der Waals surface area contributed by atoms with Crippen molar-refractivity contribution in [2.24, 2.45) is 0 Å². The van der Waals surface area contributed by atoms with Gasteiger partial charge in [0.25, 0.3) is 0 Å². The smallest absolute Gasteiger partial charge is 0.347 e. The maximum atomic E-state index is 12.3. The summed E-state index contributed by atoms with van der Waals surface area (Å²) >= 11 is 0. The first-order valence-corrected chi connectivity index (χ1v) is 6.86. The van der Waals surface area contributed by atoms with Crippen molar-refractivity contribution in [3.05, 3.63) is 35.9 Å². The lowest BCUT2D eigenvalue weighted by Crippen LogP contribution is -2.37. The zero-order valence-electron chi connectivity index (χ0n) is 12.5. The third kappa shape index (κ3) is 3.83. The Morgan fingerprint density at radius 3 is 2.25 bits per heavy atom. The highest BCUT2D eigenvalue weighted by Gasteiger charge is 2.34. The molecular formula is C16H22O4. The van der Waals surface area contributed by atoms with E-state index in [1.165, 1.54) is 0 Å². The summed E-state index contributed by atoms with van der Waals surface area (Å²) in [6.45, 7) is 7.34. The number of ether oxygens (including phenoxy) is 2. The van der Waals surface area contributed by atoms with Gasteiger partial charge in [0.05, 0.1) is 12.0 Å². The SMILES string of the molecule is CCOC(=O)C(CC)OC(=O)C(C)(C)c1ccccc1. The number of carbonyl (C=O) groups excluding carboxylic acids is 2. The Morgan fingerprint density at radius 1 is 1.15 bits per heavy atom. The molecule has 110 valence electrons. The minimum Gasteiger partial charge on any atom is -0.463 e. The molecule has 0 heterocycles. The minimum absolute atomic E-state index is 0.273. The fourth-order valence-corrected chi connectivity index (χ4v) is 1.78. The molecule has 1 unspecified atom stereocenters. The summed E-state index contributed by atoms with van der Waals surface area (Å²) in [5.41, 5.74) is 0.0463. The van der Waals surface area contributed by atoms with Crippen molar-refractivity contribution < 1.29 is 19.1 Å². The first-order chi connectivity index (χ1) is 9.43. The molecule has 0 aliphatic carbocycles. The van der Waals surface area contributed by atoms with Crippen LogP contribution in [0.2, 0.25) is 0 Å². The lowest BCUT2D eigenvalue weighted by atomic mass is 9.85. The molecule has 1 atom stereocenters. The number of carbonyl (C=O) groups is 2. The van der Waals surface area contributed by atoms with E-state index in [0.29, 0.717) is 6.42 Å². The molecule has 4 nitrogen and oxygen atoms in total. The topological polar surface area (TPSA) is 52.6 Å². The van der Waals surface area contributed by atoms with Gasteiger partial charge in [-0.25, -0.2) is 4.79 Å². The van der Waals surface area contributed by atoms with Gasteiger partial charge in [-0.05, 0) is 32.8 Å². The van der Waals surface area contributed by atoms with Crippen LogP contribution >= 0.6 is 0 Å². The second-order valence-corrected chi connectivity index (χ2v) is 5.05. The molecular weight excluding hydrogens is 256 g/mol. The van der Waals surface area contributed by atoms with Gasteiger partial charge in [-0.15, -0.1) is 0 Å². The highest BCUT2D eigenvalue weighted by molar-refractivity contribution is 5.85. The van der Waals surface area contributed by atoms with Crippen molar-refractivity contribution >= 4 is 11.9 Å². The molecule has 1 aromatic carbocycles. The molecule has 0 aromatic heterocycles. The number of hydrogen-bond donors (Lipinski definition) is 0. The van der Waals surface area contributed by atoms with Crippen LogP contribution in [0, 0.1) is 0 Å². The van der Waals surface area contributed by atoms with E-state index in [1.54, 1.807) is 27.7 Å². The van der Waals surface area contributed by atoms with Crippen LogP contribution in [0.3, 0.4) is 0 Å². The van der Waals surface area contributed by atoms with Crippen LogP contribution in [0.1, 0.15) is 39.7 Å². The van der Waals surface area contributed by atoms with E-state index in [-0.39, 0.29) is 6.61 Å². The Bertz CT molecular complexity index is 451. The molecule has 1 aromatic rings. The average Bonchev–Trinajstić information content (AvgIpc) is 2.45. The van der Waals surface area contributed by atoms with E-state index < -0.39 is 23.5 Å². The van der Waals surface area contributed by atoms with E-state index in [4.69, 9.17) is 9.47 Å². The summed E-state index contributed by atoms with van der Waals surface area (Å²) in [5.74, 6) is -0.921. The molecule has 0 N–H and O–H groups in total. The molecule has 0 bridgehead atoms. The van der Waals surface area contributed by atoms with Crippen LogP contribution in [0.15, 0.2) is 30.3 Å². The summed E-state index contributed by atoms with van der Waals surface area (Å²) in [4.78, 5) is 24.0. The van der Waals surface area contributed by atoms with Gasteiger partial charge in [0.1, 0.15) is 0 Å². The molecule has 0 spiro atoms. The number of benzene rings is 1. The van der Waals surface area contributed by atoms with Gasteiger partial charge in [0, 0.05) is 0 Å². The van der Waals surface area contributed by atoms with Crippen LogP contribution in [-0.4, -0.2) is 24.6 Å². The molecule has 0 saturated carbocycles. The second-order valence-electron chi connectivity index (χ2n) is 5.05. The molecule has 0 aliphatic rings. The van der Waals surface area contributed by atoms with Crippen LogP contribution in [0.5, 0.6) is 0 Å². The highest BCUT2D eigenvalue weighted by Crippen LogP contribution is 2.25. The Kier molecular flexibility index (Phi) is 5.74. The molecule has 4 heteroatoms. The van der Waals surface area contributed by atoms with E-state index in [2.05, 4.69) is 0 Å². The Morgan fingerprint density at radius 2 is 1.75 bits per heavy atom. The van der Waals surface area contributed by atoms with Crippen molar-refractivity contribution in [3.63, 3.8) is 0 Å². The van der Waals surface area contributed by atoms with Gasteiger partial charge < -0.3 is 9.47 Å². The van der Waals surface area contributed by atoms with Gasteiger partial charge >= 0.3 is 11.9 Å². The van der Waals surface area contributed by atoms with E-state index in [0.717, 1.165) is 5.56 Å². The van der Waals surface area contributed by atoms with Crippen LogP contribution in [0.25, 0.3) is 0 Å². The Hall–Kier alpha value is -1.84. The predicted octanol–water partition coefficient (Wildman–Crippen LogP) is 2.85. The third-order valence-electron chi connectivity index (χ3n) is 3.18. The average molecular weight is 278 g/mol. The second kappa shape index (κ2) is 7.08. The van der Waals surface area contributed by atoms with Crippen molar-refractivity contribution in [3.8, 4) is 0 Å². The standard InChI is InChI=1S/C16H22O4/c1-5-13(14(17)19-6-2)20-15(18)16(3,4)12-10-8-7-9-11-12/h7-11,13H,5-6H2,1-4H3. The number of esters is 2. The molecule has 0 radical (unpaired) electrons. The molecule has 0 saturated heterocycles. The Balaban J connectivity index is 2.81. The summed E-state index contributed by atoms with van der Waals surface area (Å²) in [6, 6.07) is 9.36. The summed E-state index contributed by atoms with van der Waals surface area (Å²) in [6.07, 6.45) is -0.444. The largest absolute Gasteiger partial charge is 0.463 e. The minimum atomic E-state index is -0.842. The first-order valence-electron chi connectivity index (χ1n) is 6.86. The maximum Gasteiger partial charge on any atom is 0.347 e. The molecule has 0 amide bonds. The lowest BCUT2D eigenvalue weighted by molar-refractivity contribution is -0.170. The van der Waals surface area contributed by atoms with Crippen LogP contribution < -0.4 is 0 Å². The third-order valence-corrected chi connectivity index (χ3v) is 3.18. The lowest BCUT2D eigenvalue weighted by Gasteiger charge is -2.25. The predicted molar refractivity (Wildman–Crippen MR) is 76.3 cm³/mol. The fraction of sp³-hybridized carbons (Fsp3) is 0.500. The van der Waals surface area contributed by atoms with Gasteiger partial charge in [-0.3, -0.25) is 4.79 Å². The summed E-state index contributed by atoms with van der Waals surface area (Å²) < 4.78 is 10.2. The zero-order chi connectivity index (χ0) is 15.2. The fourth-order valence-electron chi connectivity index (χ4n) is 1.78. The Labute approximate surface area is 120 Å². The number of hydrogen-bond acceptors (Lipinski definition) is 4. The molecule has 0 aliphatic heterocycles. The van der Waals surface area contributed by atoms with Crippen molar-refractivity contribution in [1.29, 1.82) is 0 Å². The first kappa shape index (κ1) is 16.2. The summed E-state index contributed by atoms with van der Waals surface area (Å²) in [7, 11) is 0. The highest BCUT2D eigenvalue weighted by atomic mass is 16.6. The molecule has 1 rings (SSSR count). The maximum absolute atomic E-state index is 12.3. The van der Waals surface area contributed by atoms with E-state index in [1.807, 2.05) is 30.3 Å². The van der Waals surface area contributed by atoms with Crippen LogP contribution in [-0.2, 0) is 24.5 Å². The molecule has 0 fully saturated rings.